The van der Waals surface area contributed by atoms with E-state index in [4.69, 9.17) is 15.5 Å². The van der Waals surface area contributed by atoms with Crippen LogP contribution in [-0.2, 0) is 10.4 Å². The highest BCUT2D eigenvalue weighted by atomic mass is 16.3. The molecule has 2 bridgehead atoms. The molecule has 2 aliphatic rings. The number of hydrogen-bond donors (Lipinski definition) is 3. The van der Waals surface area contributed by atoms with Gasteiger partial charge in [-0.1, -0.05) is 19.9 Å². The molecule has 8 nitrogen and oxygen atoms in total. The highest BCUT2D eigenvalue weighted by Gasteiger charge is 2.36. The number of carbonyl (C=O) groups excluding carboxylic acids is 1. The minimum absolute atomic E-state index is 0.430. The van der Waals surface area contributed by atoms with Crippen LogP contribution in [0, 0.1) is 6.92 Å². The zero-order valence-electron chi connectivity index (χ0n) is 20.3. The molecule has 2 saturated heterocycles. The second-order valence-electron chi connectivity index (χ2n) is 9.10. The molecule has 2 aliphatic heterocycles. The molecule has 0 aliphatic carbocycles. The van der Waals surface area contributed by atoms with E-state index in [1.165, 1.54) is 12.8 Å². The first kappa shape index (κ1) is 24.8. The molecular formula is C25H36N6O2. The quantitative estimate of drug-likeness (QED) is 0.554. The van der Waals surface area contributed by atoms with Gasteiger partial charge in [-0.15, -0.1) is 0 Å². The molecule has 0 amide bonds. The Morgan fingerprint density at radius 2 is 1.79 bits per heavy atom. The second-order valence-corrected chi connectivity index (χ2v) is 9.10. The lowest BCUT2D eigenvalue weighted by Crippen LogP contribution is -2.37. The summed E-state index contributed by atoms with van der Waals surface area (Å²) in [6.07, 6.45) is 8.32. The molecule has 2 unspecified atom stereocenters. The Balaban J connectivity index is 0.000000728. The van der Waals surface area contributed by atoms with Crippen LogP contribution < -0.4 is 11.1 Å². The van der Waals surface area contributed by atoms with Gasteiger partial charge in [0.25, 0.3) is 0 Å². The van der Waals surface area contributed by atoms with E-state index in [1.807, 2.05) is 32.8 Å². The van der Waals surface area contributed by atoms with Crippen LogP contribution in [0.15, 0.2) is 24.5 Å². The Kier molecular flexibility index (Phi) is 7.49. The van der Waals surface area contributed by atoms with Gasteiger partial charge in [-0.2, -0.15) is 9.61 Å². The van der Waals surface area contributed by atoms with Gasteiger partial charge < -0.3 is 21.0 Å². The van der Waals surface area contributed by atoms with E-state index in [1.54, 1.807) is 30.8 Å². The van der Waals surface area contributed by atoms with Crippen molar-refractivity contribution in [2.75, 3.05) is 5.73 Å². The van der Waals surface area contributed by atoms with Gasteiger partial charge in [0.2, 0.25) is 0 Å². The van der Waals surface area contributed by atoms with E-state index < -0.39 is 5.60 Å². The minimum Gasteiger partial charge on any atom is -0.384 e. The summed E-state index contributed by atoms with van der Waals surface area (Å²) in [5.74, 6) is 1.09. The van der Waals surface area contributed by atoms with Crippen LogP contribution in [0.1, 0.15) is 76.2 Å². The number of nitrogens with one attached hydrogen (secondary N) is 1. The zero-order chi connectivity index (χ0) is 24.3. The monoisotopic (exact) mass is 452 g/mol. The smallest absolute Gasteiger partial charge is 0.165 e. The van der Waals surface area contributed by atoms with Gasteiger partial charge in [0, 0.05) is 40.9 Å². The molecule has 0 spiro atoms. The van der Waals surface area contributed by atoms with Crippen LogP contribution in [0.2, 0.25) is 0 Å². The molecule has 0 saturated carbocycles. The van der Waals surface area contributed by atoms with Gasteiger partial charge in [-0.3, -0.25) is 4.98 Å². The van der Waals surface area contributed by atoms with E-state index >= 15 is 0 Å². The fraction of sp³-hybridized carbons (Fsp3) is 0.520. The number of piperidine rings is 1. The summed E-state index contributed by atoms with van der Waals surface area (Å²) in [4.78, 5) is 17.5. The van der Waals surface area contributed by atoms with Crippen molar-refractivity contribution < 1.29 is 9.90 Å². The number of carbonyl (C=O) groups is 1. The molecule has 8 heteroatoms. The third-order valence-electron chi connectivity index (χ3n) is 6.53. The summed E-state index contributed by atoms with van der Waals surface area (Å²) in [7, 11) is 0. The number of aromatic nitrogens is 4. The maximum absolute atomic E-state index is 10.2. The first-order valence-electron chi connectivity index (χ1n) is 11.7. The van der Waals surface area contributed by atoms with Crippen LogP contribution in [0.4, 0.5) is 5.82 Å². The molecule has 5 heterocycles. The fourth-order valence-corrected chi connectivity index (χ4v) is 4.91. The maximum Gasteiger partial charge on any atom is 0.165 e. The standard InChI is InChI=1S/C22H28N6O.C2H6.CH2O/c1-12-19(14-8-15-5-6-16(9-14)26-15)27-21-17(11-25-28(21)20(12)23)13-4-7-18(24-10-13)22(2,3)29;2*1-2/h4,7,10-11,14-16,26,29H,5-6,8-9,23H2,1-3H3;1-2H3;1H2. The Bertz CT molecular complexity index is 1070. The van der Waals surface area contributed by atoms with Crippen LogP contribution >= 0.6 is 0 Å². The first-order valence-corrected chi connectivity index (χ1v) is 11.7. The summed E-state index contributed by atoms with van der Waals surface area (Å²) in [5, 5.41) is 18.4. The van der Waals surface area contributed by atoms with Crippen molar-refractivity contribution in [1.29, 1.82) is 0 Å². The van der Waals surface area contributed by atoms with Crippen molar-refractivity contribution in [2.24, 2.45) is 0 Å². The predicted octanol–water partition coefficient (Wildman–Crippen LogP) is 3.75. The number of aliphatic hydroxyl groups is 1. The summed E-state index contributed by atoms with van der Waals surface area (Å²) >= 11 is 0. The highest BCUT2D eigenvalue weighted by Crippen LogP contribution is 2.39. The number of nitrogens with two attached hydrogens (primary N) is 1. The maximum atomic E-state index is 10.2. The van der Waals surface area contributed by atoms with Gasteiger partial charge >= 0.3 is 0 Å². The third kappa shape index (κ3) is 4.77. The first-order chi connectivity index (χ1) is 15.8. The summed E-state index contributed by atoms with van der Waals surface area (Å²) < 4.78 is 1.73. The van der Waals surface area contributed by atoms with Gasteiger partial charge in [0.15, 0.2) is 5.65 Å². The van der Waals surface area contributed by atoms with Crippen molar-refractivity contribution >= 4 is 18.3 Å². The van der Waals surface area contributed by atoms with E-state index in [2.05, 4.69) is 22.3 Å². The van der Waals surface area contributed by atoms with Crippen LogP contribution in [0.25, 0.3) is 16.8 Å². The van der Waals surface area contributed by atoms with E-state index in [0.29, 0.717) is 29.5 Å². The number of anilines is 1. The molecule has 3 aromatic rings. The molecule has 5 rings (SSSR count). The largest absolute Gasteiger partial charge is 0.384 e. The van der Waals surface area contributed by atoms with E-state index in [-0.39, 0.29) is 0 Å². The molecule has 4 N–H and O–H groups in total. The Hall–Kier alpha value is -2.84. The molecular weight excluding hydrogens is 416 g/mol. The molecule has 2 fully saturated rings. The number of rotatable bonds is 3. The minimum atomic E-state index is -0.971. The average molecular weight is 453 g/mol. The lowest BCUT2D eigenvalue weighted by Gasteiger charge is -2.30. The lowest BCUT2D eigenvalue weighted by atomic mass is 9.87. The van der Waals surface area contributed by atoms with Crippen molar-refractivity contribution in [3.05, 3.63) is 41.5 Å². The van der Waals surface area contributed by atoms with Crippen LogP contribution in [0.5, 0.6) is 0 Å². The van der Waals surface area contributed by atoms with Gasteiger partial charge in [-0.05, 0) is 52.5 Å². The topological polar surface area (TPSA) is 118 Å². The van der Waals surface area contributed by atoms with Crippen molar-refractivity contribution in [3.8, 4) is 11.1 Å². The third-order valence-corrected chi connectivity index (χ3v) is 6.53. The molecule has 2 atom stereocenters. The predicted molar refractivity (Wildman–Crippen MR) is 131 cm³/mol. The van der Waals surface area contributed by atoms with Gasteiger partial charge in [0.05, 0.1) is 17.6 Å². The molecule has 0 radical (unpaired) electrons. The lowest BCUT2D eigenvalue weighted by molar-refractivity contribution is -0.0980. The van der Waals surface area contributed by atoms with Crippen molar-refractivity contribution in [3.63, 3.8) is 0 Å². The van der Waals surface area contributed by atoms with Crippen LogP contribution in [0.3, 0.4) is 0 Å². The second kappa shape index (κ2) is 9.97. The summed E-state index contributed by atoms with van der Waals surface area (Å²) in [6.45, 7) is 11.5. The molecule has 178 valence electrons. The Morgan fingerprint density at radius 1 is 1.15 bits per heavy atom. The molecule has 3 aromatic heterocycles. The number of nitrogen functional groups attached to an aromatic ring is 1. The number of nitrogens with zero attached hydrogens (tertiary/aromatic N) is 4. The van der Waals surface area contributed by atoms with Crippen molar-refractivity contribution in [1.82, 2.24) is 24.9 Å². The zero-order valence-corrected chi connectivity index (χ0v) is 20.3. The van der Waals surface area contributed by atoms with E-state index in [9.17, 15) is 5.11 Å². The highest BCUT2D eigenvalue weighted by molar-refractivity contribution is 5.78. The van der Waals surface area contributed by atoms with Crippen molar-refractivity contribution in [2.45, 2.75) is 83.9 Å². The number of hydrogen-bond acceptors (Lipinski definition) is 7. The fourth-order valence-electron chi connectivity index (χ4n) is 4.91. The van der Waals surface area contributed by atoms with Gasteiger partial charge in [-0.25, -0.2) is 4.98 Å². The molecule has 0 aromatic carbocycles. The Labute approximate surface area is 195 Å². The summed E-state index contributed by atoms with van der Waals surface area (Å²) in [5.41, 5.74) is 10.9. The summed E-state index contributed by atoms with van der Waals surface area (Å²) in [6, 6.07) is 5.00. The Morgan fingerprint density at radius 3 is 2.33 bits per heavy atom. The number of pyridine rings is 1. The normalized spacial score (nSPS) is 21.7. The van der Waals surface area contributed by atoms with Crippen LogP contribution in [-0.4, -0.2) is 43.6 Å². The SMILES string of the molecule is C=O.CC.Cc1c(C2CC3CCC(C2)N3)nc2c(-c3ccc(C(C)(C)O)nc3)cnn2c1N. The molecule has 33 heavy (non-hydrogen) atoms. The van der Waals surface area contributed by atoms with Gasteiger partial charge in [0.1, 0.15) is 18.2 Å². The number of fused-ring (bicyclic) bond motifs is 3. The van der Waals surface area contributed by atoms with E-state index in [0.717, 1.165) is 40.9 Å². The average Bonchev–Trinajstić information content (AvgIpc) is 3.41.